The highest BCUT2D eigenvalue weighted by Crippen LogP contribution is 2.26. The van der Waals surface area contributed by atoms with Gasteiger partial charge in [-0.15, -0.1) is 36.2 Å². The number of halogens is 2. The standard InChI is InChI=1S/C14H15N3OS.2ClH/c1-8-13(19-9(2)16-8)14(18)17-11-3-4-12-10(7-11)5-6-15-12;;/h3-4,7,15H,5-6H2,1-2H3,(H,17,18);2*1H. The zero-order valence-corrected chi connectivity index (χ0v) is 14.2. The van der Waals surface area contributed by atoms with Crippen LogP contribution < -0.4 is 10.6 Å². The van der Waals surface area contributed by atoms with Crippen molar-refractivity contribution >= 4 is 53.4 Å². The molecule has 21 heavy (non-hydrogen) atoms. The van der Waals surface area contributed by atoms with Gasteiger partial charge in [0.2, 0.25) is 0 Å². The number of aromatic nitrogens is 1. The van der Waals surface area contributed by atoms with E-state index in [1.54, 1.807) is 0 Å². The van der Waals surface area contributed by atoms with Gasteiger partial charge in [-0.3, -0.25) is 4.79 Å². The van der Waals surface area contributed by atoms with Gasteiger partial charge in [-0.05, 0) is 44.0 Å². The molecule has 1 aliphatic rings. The number of nitrogens with zero attached hydrogens (tertiary/aromatic N) is 1. The summed E-state index contributed by atoms with van der Waals surface area (Å²) in [5, 5.41) is 7.17. The smallest absolute Gasteiger partial charge is 0.267 e. The van der Waals surface area contributed by atoms with Crippen LogP contribution in [0.5, 0.6) is 0 Å². The maximum atomic E-state index is 12.2. The molecule has 7 heteroatoms. The van der Waals surface area contributed by atoms with Gasteiger partial charge in [-0.2, -0.15) is 0 Å². The highest BCUT2D eigenvalue weighted by molar-refractivity contribution is 7.13. The van der Waals surface area contributed by atoms with Crippen molar-refractivity contribution in [3.8, 4) is 0 Å². The lowest BCUT2D eigenvalue weighted by molar-refractivity contribution is 0.103. The van der Waals surface area contributed by atoms with Crippen LogP contribution in [0.2, 0.25) is 0 Å². The number of carbonyl (C=O) groups excluding carboxylic acids is 1. The average molecular weight is 346 g/mol. The topological polar surface area (TPSA) is 54.0 Å². The molecule has 0 saturated heterocycles. The van der Waals surface area contributed by atoms with E-state index in [1.807, 2.05) is 32.0 Å². The summed E-state index contributed by atoms with van der Waals surface area (Å²) in [6, 6.07) is 5.98. The molecule has 3 rings (SSSR count). The summed E-state index contributed by atoms with van der Waals surface area (Å²) in [4.78, 5) is 17.2. The monoisotopic (exact) mass is 345 g/mol. The predicted molar refractivity (Wildman–Crippen MR) is 92.7 cm³/mol. The van der Waals surface area contributed by atoms with Gasteiger partial charge in [-0.1, -0.05) is 0 Å². The summed E-state index contributed by atoms with van der Waals surface area (Å²) < 4.78 is 0. The molecule has 0 fully saturated rings. The Kier molecular flexibility index (Phi) is 6.01. The molecule has 2 N–H and O–H groups in total. The first-order chi connectivity index (χ1) is 9.13. The van der Waals surface area contributed by atoms with Crippen molar-refractivity contribution in [3.63, 3.8) is 0 Å². The lowest BCUT2D eigenvalue weighted by atomic mass is 10.1. The number of benzene rings is 1. The Hall–Kier alpha value is -1.30. The first-order valence-corrected chi connectivity index (χ1v) is 7.07. The molecule has 1 aliphatic heterocycles. The Labute approximate surface area is 140 Å². The summed E-state index contributed by atoms with van der Waals surface area (Å²) in [6.07, 6.45) is 1.01. The summed E-state index contributed by atoms with van der Waals surface area (Å²) in [5.74, 6) is -0.0750. The molecular weight excluding hydrogens is 329 g/mol. The number of anilines is 2. The third-order valence-corrected chi connectivity index (χ3v) is 4.25. The van der Waals surface area contributed by atoms with Crippen molar-refractivity contribution in [3.05, 3.63) is 39.3 Å². The number of rotatable bonds is 2. The quantitative estimate of drug-likeness (QED) is 0.869. The second-order valence-electron chi connectivity index (χ2n) is 4.65. The highest BCUT2D eigenvalue weighted by atomic mass is 35.5. The van der Waals surface area contributed by atoms with E-state index in [-0.39, 0.29) is 30.7 Å². The van der Waals surface area contributed by atoms with E-state index in [1.165, 1.54) is 22.6 Å². The second-order valence-corrected chi connectivity index (χ2v) is 5.85. The van der Waals surface area contributed by atoms with Gasteiger partial charge in [0.25, 0.3) is 5.91 Å². The van der Waals surface area contributed by atoms with Gasteiger partial charge in [0.05, 0.1) is 10.7 Å². The largest absolute Gasteiger partial charge is 0.384 e. The third-order valence-electron chi connectivity index (χ3n) is 3.18. The van der Waals surface area contributed by atoms with Crippen molar-refractivity contribution < 1.29 is 4.79 Å². The molecule has 1 aromatic heterocycles. The first-order valence-electron chi connectivity index (χ1n) is 6.25. The van der Waals surface area contributed by atoms with E-state index < -0.39 is 0 Å². The van der Waals surface area contributed by atoms with Gasteiger partial charge in [-0.25, -0.2) is 4.98 Å². The van der Waals surface area contributed by atoms with E-state index in [0.717, 1.165) is 29.4 Å². The zero-order chi connectivity index (χ0) is 13.4. The Morgan fingerprint density at radius 1 is 1.33 bits per heavy atom. The summed E-state index contributed by atoms with van der Waals surface area (Å²) in [7, 11) is 0. The van der Waals surface area contributed by atoms with Crippen LogP contribution in [0.15, 0.2) is 18.2 Å². The molecule has 0 radical (unpaired) electrons. The average Bonchev–Trinajstić information content (AvgIpc) is 2.94. The van der Waals surface area contributed by atoms with Gasteiger partial charge in [0.1, 0.15) is 4.88 Å². The fourth-order valence-corrected chi connectivity index (χ4v) is 3.13. The minimum atomic E-state index is -0.0750. The molecule has 0 unspecified atom stereocenters. The van der Waals surface area contributed by atoms with Gasteiger partial charge < -0.3 is 10.6 Å². The van der Waals surface area contributed by atoms with Crippen molar-refractivity contribution in [2.24, 2.45) is 0 Å². The SMILES string of the molecule is Cc1nc(C)c(C(=O)Nc2ccc3c(c2)CCN3)s1.Cl.Cl. The summed E-state index contributed by atoms with van der Waals surface area (Å²) >= 11 is 1.43. The van der Waals surface area contributed by atoms with Gasteiger partial charge in [0.15, 0.2) is 0 Å². The van der Waals surface area contributed by atoms with Crippen LogP contribution in [-0.4, -0.2) is 17.4 Å². The minimum absolute atomic E-state index is 0. The number of hydrogen-bond acceptors (Lipinski definition) is 4. The Morgan fingerprint density at radius 2 is 2.10 bits per heavy atom. The van der Waals surface area contributed by atoms with Crippen LogP contribution in [0, 0.1) is 13.8 Å². The number of thiazole rings is 1. The van der Waals surface area contributed by atoms with Gasteiger partial charge >= 0.3 is 0 Å². The number of hydrogen-bond donors (Lipinski definition) is 2. The van der Waals surface area contributed by atoms with Gasteiger partial charge in [0, 0.05) is 17.9 Å². The fourth-order valence-electron chi connectivity index (χ4n) is 2.31. The van der Waals surface area contributed by atoms with E-state index in [9.17, 15) is 4.79 Å². The number of fused-ring (bicyclic) bond motifs is 1. The number of nitrogens with one attached hydrogen (secondary N) is 2. The molecule has 4 nitrogen and oxygen atoms in total. The highest BCUT2D eigenvalue weighted by Gasteiger charge is 2.15. The van der Waals surface area contributed by atoms with Crippen molar-refractivity contribution in [1.29, 1.82) is 0 Å². The van der Waals surface area contributed by atoms with Crippen LogP contribution in [0.4, 0.5) is 11.4 Å². The van der Waals surface area contributed by atoms with Crippen molar-refractivity contribution in [2.45, 2.75) is 20.3 Å². The summed E-state index contributed by atoms with van der Waals surface area (Å²) in [6.45, 7) is 4.75. The van der Waals surface area contributed by atoms with Crippen LogP contribution in [-0.2, 0) is 6.42 Å². The Bertz CT molecular complexity index is 658. The lowest BCUT2D eigenvalue weighted by Crippen LogP contribution is -2.11. The molecule has 0 spiro atoms. The number of amides is 1. The molecule has 0 bridgehead atoms. The van der Waals surface area contributed by atoms with Crippen molar-refractivity contribution in [2.75, 3.05) is 17.2 Å². The molecule has 0 atom stereocenters. The van der Waals surface area contributed by atoms with Crippen molar-refractivity contribution in [1.82, 2.24) is 4.98 Å². The molecule has 0 aliphatic carbocycles. The third kappa shape index (κ3) is 3.67. The lowest BCUT2D eigenvalue weighted by Gasteiger charge is -2.06. The molecule has 114 valence electrons. The number of aryl methyl sites for hydroxylation is 2. The molecule has 1 amide bonds. The summed E-state index contributed by atoms with van der Waals surface area (Å²) in [5.41, 5.74) is 4.07. The van der Waals surface area contributed by atoms with E-state index in [2.05, 4.69) is 15.6 Å². The zero-order valence-electron chi connectivity index (χ0n) is 11.7. The van der Waals surface area contributed by atoms with Crippen LogP contribution in [0.1, 0.15) is 25.9 Å². The molecular formula is C14H17Cl2N3OS. The normalized spacial score (nSPS) is 11.7. The molecule has 1 aromatic carbocycles. The Balaban J connectivity index is 0.00000110. The second kappa shape index (κ2) is 7.11. The van der Waals surface area contributed by atoms with Crippen LogP contribution >= 0.6 is 36.2 Å². The van der Waals surface area contributed by atoms with E-state index >= 15 is 0 Å². The molecule has 0 saturated carbocycles. The minimum Gasteiger partial charge on any atom is -0.384 e. The van der Waals surface area contributed by atoms with E-state index in [4.69, 9.17) is 0 Å². The molecule has 2 heterocycles. The number of carbonyl (C=O) groups is 1. The fraction of sp³-hybridized carbons (Fsp3) is 0.286. The van der Waals surface area contributed by atoms with Crippen LogP contribution in [0.3, 0.4) is 0 Å². The maximum Gasteiger partial charge on any atom is 0.267 e. The predicted octanol–water partition coefficient (Wildman–Crippen LogP) is 3.82. The Morgan fingerprint density at radius 3 is 2.76 bits per heavy atom. The first kappa shape index (κ1) is 17.8. The molecule has 2 aromatic rings. The van der Waals surface area contributed by atoms with E-state index in [0.29, 0.717) is 4.88 Å². The van der Waals surface area contributed by atoms with Crippen LogP contribution in [0.25, 0.3) is 0 Å². The maximum absolute atomic E-state index is 12.2.